The summed E-state index contributed by atoms with van der Waals surface area (Å²) in [5.74, 6) is -0.720. The molecule has 0 bridgehead atoms. The number of primary amides is 1. The largest absolute Gasteiger partial charge is 0.389 e. The fourth-order valence-electron chi connectivity index (χ4n) is 2.32. The van der Waals surface area contributed by atoms with Crippen molar-refractivity contribution in [3.05, 3.63) is 29.6 Å². The number of piperidine rings is 1. The smallest absolute Gasteiger partial charge is 0.220 e. The van der Waals surface area contributed by atoms with Crippen molar-refractivity contribution in [2.45, 2.75) is 12.8 Å². The van der Waals surface area contributed by atoms with E-state index in [0.717, 1.165) is 0 Å². The minimum Gasteiger partial charge on any atom is -0.389 e. The van der Waals surface area contributed by atoms with Crippen LogP contribution in [0.15, 0.2) is 18.2 Å². The van der Waals surface area contributed by atoms with Gasteiger partial charge in [0.2, 0.25) is 5.91 Å². The second-order valence-corrected chi connectivity index (χ2v) is 5.13. The maximum atomic E-state index is 14.0. The van der Waals surface area contributed by atoms with E-state index in [2.05, 4.69) is 0 Å². The summed E-state index contributed by atoms with van der Waals surface area (Å²) in [6, 6.07) is 4.73. The van der Waals surface area contributed by atoms with Gasteiger partial charge in [-0.2, -0.15) is 0 Å². The number of carbonyl (C=O) groups excluding carboxylic acids is 1. The van der Waals surface area contributed by atoms with E-state index in [-0.39, 0.29) is 22.6 Å². The van der Waals surface area contributed by atoms with Crippen LogP contribution in [0.3, 0.4) is 0 Å². The number of carbonyl (C=O) groups is 1. The van der Waals surface area contributed by atoms with Gasteiger partial charge in [-0.1, -0.05) is 12.2 Å². The zero-order valence-corrected chi connectivity index (χ0v) is 11.3. The first-order chi connectivity index (χ1) is 8.99. The van der Waals surface area contributed by atoms with Crippen LogP contribution in [0.5, 0.6) is 0 Å². The zero-order valence-electron chi connectivity index (χ0n) is 10.4. The number of nitrogens with zero attached hydrogens (tertiary/aromatic N) is 1. The molecule has 0 saturated carbocycles. The summed E-state index contributed by atoms with van der Waals surface area (Å²) >= 11 is 4.81. The Labute approximate surface area is 116 Å². The molecule has 1 heterocycles. The molecule has 1 aliphatic rings. The third-order valence-electron chi connectivity index (χ3n) is 3.47. The predicted octanol–water partition coefficient (Wildman–Crippen LogP) is 1.16. The minimum absolute atomic E-state index is 0.102. The van der Waals surface area contributed by atoms with E-state index < -0.39 is 0 Å². The maximum Gasteiger partial charge on any atom is 0.220 e. The van der Waals surface area contributed by atoms with Crippen molar-refractivity contribution in [3.63, 3.8) is 0 Å². The molecule has 0 aromatic heterocycles. The van der Waals surface area contributed by atoms with Gasteiger partial charge < -0.3 is 16.4 Å². The number of anilines is 1. The molecule has 4 nitrogen and oxygen atoms in total. The van der Waals surface area contributed by atoms with E-state index >= 15 is 0 Å². The molecule has 1 aromatic rings. The predicted molar refractivity (Wildman–Crippen MR) is 76.4 cm³/mol. The Morgan fingerprint density at radius 3 is 2.42 bits per heavy atom. The first-order valence-corrected chi connectivity index (χ1v) is 6.53. The highest BCUT2D eigenvalue weighted by Gasteiger charge is 2.24. The van der Waals surface area contributed by atoms with Gasteiger partial charge in [0.05, 0.1) is 5.69 Å². The molecule has 1 fully saturated rings. The first kappa shape index (κ1) is 13.7. The van der Waals surface area contributed by atoms with Gasteiger partial charge in [0.15, 0.2) is 0 Å². The standard InChI is InChI=1S/C13H16FN3OS/c14-10-7-9(13(16)19)1-2-11(10)17-5-3-8(4-6-17)12(15)18/h1-2,7-8H,3-6H2,(H2,15,18)(H2,16,19). The van der Waals surface area contributed by atoms with Gasteiger partial charge in [-0.15, -0.1) is 0 Å². The van der Waals surface area contributed by atoms with Gasteiger partial charge >= 0.3 is 0 Å². The Morgan fingerprint density at radius 1 is 1.32 bits per heavy atom. The molecule has 6 heteroatoms. The molecular weight excluding hydrogens is 265 g/mol. The van der Waals surface area contributed by atoms with Crippen molar-refractivity contribution in [2.24, 2.45) is 17.4 Å². The van der Waals surface area contributed by atoms with Crippen molar-refractivity contribution in [1.82, 2.24) is 0 Å². The van der Waals surface area contributed by atoms with Gasteiger partial charge in [-0.25, -0.2) is 4.39 Å². The highest BCUT2D eigenvalue weighted by Crippen LogP contribution is 2.26. The summed E-state index contributed by atoms with van der Waals surface area (Å²) in [6.45, 7) is 1.24. The van der Waals surface area contributed by atoms with Crippen molar-refractivity contribution < 1.29 is 9.18 Å². The molecule has 0 unspecified atom stereocenters. The summed E-state index contributed by atoms with van der Waals surface area (Å²) < 4.78 is 14.0. The molecule has 1 amide bonds. The van der Waals surface area contributed by atoms with Gasteiger partial charge in [-0.05, 0) is 31.0 Å². The summed E-state index contributed by atoms with van der Waals surface area (Å²) in [7, 11) is 0. The number of benzene rings is 1. The quantitative estimate of drug-likeness (QED) is 0.816. The molecule has 102 valence electrons. The van der Waals surface area contributed by atoms with Gasteiger partial charge in [0.1, 0.15) is 10.8 Å². The molecule has 4 N–H and O–H groups in total. The third kappa shape index (κ3) is 3.01. The van der Waals surface area contributed by atoms with Crippen LogP contribution in [-0.4, -0.2) is 24.0 Å². The number of amides is 1. The molecule has 2 rings (SSSR count). The molecule has 0 aliphatic carbocycles. The number of nitrogens with two attached hydrogens (primary N) is 2. The van der Waals surface area contributed by atoms with Crippen LogP contribution in [0.1, 0.15) is 18.4 Å². The molecule has 1 aliphatic heterocycles. The van der Waals surface area contributed by atoms with E-state index in [1.807, 2.05) is 4.90 Å². The van der Waals surface area contributed by atoms with Crippen LogP contribution in [0.25, 0.3) is 0 Å². The minimum atomic E-state index is -0.345. The zero-order chi connectivity index (χ0) is 14.0. The first-order valence-electron chi connectivity index (χ1n) is 6.12. The van der Waals surface area contributed by atoms with Crippen LogP contribution >= 0.6 is 12.2 Å². The molecular formula is C13H16FN3OS. The second kappa shape index (κ2) is 5.52. The van der Waals surface area contributed by atoms with E-state index in [1.54, 1.807) is 12.1 Å². The van der Waals surface area contributed by atoms with Gasteiger partial charge in [0.25, 0.3) is 0 Å². The lowest BCUT2D eigenvalue weighted by Gasteiger charge is -2.32. The second-order valence-electron chi connectivity index (χ2n) is 4.69. The van der Waals surface area contributed by atoms with Gasteiger partial charge in [-0.3, -0.25) is 4.79 Å². The average molecular weight is 281 g/mol. The Balaban J connectivity index is 2.11. The molecule has 1 aromatic carbocycles. The van der Waals surface area contributed by atoms with Crippen molar-refractivity contribution >= 4 is 28.8 Å². The van der Waals surface area contributed by atoms with Crippen molar-refractivity contribution in [1.29, 1.82) is 0 Å². The van der Waals surface area contributed by atoms with E-state index in [1.165, 1.54) is 6.07 Å². The normalized spacial score (nSPS) is 16.4. The average Bonchev–Trinajstić information content (AvgIpc) is 2.38. The van der Waals surface area contributed by atoms with E-state index in [4.69, 9.17) is 23.7 Å². The lowest BCUT2D eigenvalue weighted by atomic mass is 9.96. The van der Waals surface area contributed by atoms with Crippen molar-refractivity contribution in [2.75, 3.05) is 18.0 Å². The van der Waals surface area contributed by atoms with E-state index in [9.17, 15) is 9.18 Å². The number of rotatable bonds is 3. The van der Waals surface area contributed by atoms with Crippen molar-refractivity contribution in [3.8, 4) is 0 Å². The van der Waals surface area contributed by atoms with Crippen LogP contribution < -0.4 is 16.4 Å². The Hall–Kier alpha value is -1.69. The summed E-state index contributed by atoms with van der Waals surface area (Å²) in [5, 5.41) is 0. The lowest BCUT2D eigenvalue weighted by molar-refractivity contribution is -0.122. The van der Waals surface area contributed by atoms with Crippen LogP contribution in [0.2, 0.25) is 0 Å². The van der Waals surface area contributed by atoms with Crippen LogP contribution in [0.4, 0.5) is 10.1 Å². The fourth-order valence-corrected chi connectivity index (χ4v) is 2.45. The van der Waals surface area contributed by atoms with Crippen LogP contribution in [-0.2, 0) is 4.79 Å². The number of thiocarbonyl (C=S) groups is 1. The van der Waals surface area contributed by atoms with Crippen LogP contribution in [0, 0.1) is 11.7 Å². The Kier molecular flexibility index (Phi) is 3.99. The topological polar surface area (TPSA) is 72.4 Å². The summed E-state index contributed by atoms with van der Waals surface area (Å²) in [6.07, 6.45) is 1.32. The molecule has 0 atom stereocenters. The maximum absolute atomic E-state index is 14.0. The lowest BCUT2D eigenvalue weighted by Crippen LogP contribution is -2.38. The monoisotopic (exact) mass is 281 g/mol. The number of halogens is 1. The molecule has 0 radical (unpaired) electrons. The SMILES string of the molecule is NC(=O)C1CCN(c2ccc(C(N)=S)cc2F)CC1. The summed E-state index contributed by atoms with van der Waals surface area (Å²) in [4.78, 5) is 13.2. The Bertz CT molecular complexity index is 513. The molecule has 1 saturated heterocycles. The fraction of sp³-hybridized carbons (Fsp3) is 0.385. The number of hydrogen-bond acceptors (Lipinski definition) is 3. The number of hydrogen-bond donors (Lipinski definition) is 2. The van der Waals surface area contributed by atoms with Gasteiger partial charge in [0, 0.05) is 24.6 Å². The highest BCUT2D eigenvalue weighted by atomic mass is 32.1. The third-order valence-corrected chi connectivity index (χ3v) is 3.71. The molecule has 19 heavy (non-hydrogen) atoms. The van der Waals surface area contributed by atoms with E-state index in [0.29, 0.717) is 37.2 Å². The Morgan fingerprint density at radius 2 is 1.95 bits per heavy atom. The summed E-state index contributed by atoms with van der Waals surface area (Å²) in [5.41, 5.74) is 11.8. The highest BCUT2D eigenvalue weighted by molar-refractivity contribution is 7.80. The molecule has 0 spiro atoms.